The van der Waals surface area contributed by atoms with E-state index in [1.807, 2.05) is 0 Å². The first kappa shape index (κ1) is 78.5. The zero-order valence-electron chi connectivity index (χ0n) is 54.2. The topological polar surface area (TPSA) is 78.9 Å². The highest BCUT2D eigenvalue weighted by Gasteiger charge is 2.19. The maximum atomic E-state index is 12.9. The molecule has 0 fully saturated rings. The molecule has 6 heteroatoms. The Morgan fingerprint density at radius 1 is 0.253 bits per heavy atom. The first-order chi connectivity index (χ1) is 41.0. The fourth-order valence-corrected chi connectivity index (χ4v) is 9.48. The lowest BCUT2D eigenvalue weighted by Crippen LogP contribution is -2.30. The van der Waals surface area contributed by atoms with E-state index in [1.54, 1.807) is 0 Å². The number of carbonyl (C=O) groups is 3. The monoisotopic (exact) mass is 1150 g/mol. The van der Waals surface area contributed by atoms with Crippen LogP contribution < -0.4 is 0 Å². The molecule has 0 N–H and O–H groups in total. The predicted molar refractivity (Wildman–Crippen MR) is 362 cm³/mol. The van der Waals surface area contributed by atoms with E-state index in [1.165, 1.54) is 122 Å². The van der Waals surface area contributed by atoms with Crippen molar-refractivity contribution in [3.63, 3.8) is 0 Å². The second kappa shape index (κ2) is 70.0. The molecule has 0 rings (SSSR count). The third kappa shape index (κ3) is 68.2. The number of ether oxygens (including phenoxy) is 3. The van der Waals surface area contributed by atoms with Gasteiger partial charge in [0.15, 0.2) is 6.10 Å². The summed E-state index contributed by atoms with van der Waals surface area (Å²) in [6.07, 6.45) is 99.1. The minimum Gasteiger partial charge on any atom is -0.462 e. The summed E-state index contributed by atoms with van der Waals surface area (Å²) < 4.78 is 16.9. The summed E-state index contributed by atoms with van der Waals surface area (Å²) in [7, 11) is 0. The number of hydrogen-bond donors (Lipinski definition) is 0. The summed E-state index contributed by atoms with van der Waals surface area (Å²) in [6.45, 7) is 6.37. The van der Waals surface area contributed by atoms with Crippen LogP contribution >= 0.6 is 0 Å². The van der Waals surface area contributed by atoms with Crippen molar-refractivity contribution >= 4 is 17.9 Å². The molecular formula is C77H128O6. The van der Waals surface area contributed by atoms with Crippen LogP contribution in [0.15, 0.2) is 134 Å². The van der Waals surface area contributed by atoms with Gasteiger partial charge in [0.1, 0.15) is 13.2 Å². The summed E-state index contributed by atoms with van der Waals surface area (Å²) in [5.74, 6) is -0.911. The van der Waals surface area contributed by atoms with Crippen molar-refractivity contribution in [1.29, 1.82) is 0 Å². The normalized spacial score (nSPS) is 13.0. The van der Waals surface area contributed by atoms with Gasteiger partial charge in [0.25, 0.3) is 0 Å². The fraction of sp³-hybridized carbons (Fsp3) is 0.675. The Kier molecular flexibility index (Phi) is 66.3. The van der Waals surface area contributed by atoms with Gasteiger partial charge in [-0.2, -0.15) is 0 Å². The van der Waals surface area contributed by atoms with Gasteiger partial charge >= 0.3 is 17.9 Å². The highest BCUT2D eigenvalue weighted by molar-refractivity contribution is 5.71. The number of unbranched alkanes of at least 4 members (excludes halogenated alkanes) is 29. The first-order valence-corrected chi connectivity index (χ1v) is 34.7. The zero-order valence-corrected chi connectivity index (χ0v) is 54.2. The van der Waals surface area contributed by atoms with Crippen molar-refractivity contribution in [2.45, 2.75) is 322 Å². The molecule has 0 bridgehead atoms. The van der Waals surface area contributed by atoms with Gasteiger partial charge in [-0.3, -0.25) is 14.4 Å². The number of rotatable bonds is 62. The quantitative estimate of drug-likeness (QED) is 0.0261. The van der Waals surface area contributed by atoms with Gasteiger partial charge in [-0.25, -0.2) is 0 Å². The molecule has 0 saturated carbocycles. The van der Waals surface area contributed by atoms with Crippen LogP contribution in [0.1, 0.15) is 316 Å². The van der Waals surface area contributed by atoms with E-state index in [-0.39, 0.29) is 31.1 Å². The lowest BCUT2D eigenvalue weighted by Gasteiger charge is -2.18. The minimum absolute atomic E-state index is 0.0893. The number of hydrogen-bond acceptors (Lipinski definition) is 6. The van der Waals surface area contributed by atoms with E-state index in [9.17, 15) is 14.4 Å². The Hall–Kier alpha value is -4.45. The molecule has 0 heterocycles. The Bertz CT molecular complexity index is 1750. The van der Waals surface area contributed by atoms with Crippen molar-refractivity contribution in [3.8, 4) is 0 Å². The van der Waals surface area contributed by atoms with Crippen molar-refractivity contribution in [2.75, 3.05) is 13.2 Å². The van der Waals surface area contributed by atoms with Crippen molar-refractivity contribution in [2.24, 2.45) is 0 Å². The average Bonchev–Trinajstić information content (AvgIpc) is 3.48. The highest BCUT2D eigenvalue weighted by atomic mass is 16.6. The molecule has 6 nitrogen and oxygen atoms in total. The lowest BCUT2D eigenvalue weighted by atomic mass is 10.0. The summed E-state index contributed by atoms with van der Waals surface area (Å²) >= 11 is 0. The second-order valence-corrected chi connectivity index (χ2v) is 22.7. The maximum Gasteiger partial charge on any atom is 0.306 e. The zero-order chi connectivity index (χ0) is 59.9. The van der Waals surface area contributed by atoms with E-state index in [0.29, 0.717) is 19.3 Å². The molecule has 0 aromatic heterocycles. The molecule has 0 aliphatic heterocycles. The van der Waals surface area contributed by atoms with Crippen molar-refractivity contribution in [1.82, 2.24) is 0 Å². The van der Waals surface area contributed by atoms with E-state index >= 15 is 0 Å². The lowest BCUT2D eigenvalue weighted by molar-refractivity contribution is -0.167. The van der Waals surface area contributed by atoms with Gasteiger partial charge in [0, 0.05) is 19.3 Å². The Morgan fingerprint density at radius 3 is 0.747 bits per heavy atom. The summed E-state index contributed by atoms with van der Waals surface area (Å²) in [6, 6.07) is 0. The summed E-state index contributed by atoms with van der Waals surface area (Å²) in [4.78, 5) is 38.3. The smallest absolute Gasteiger partial charge is 0.306 e. The van der Waals surface area contributed by atoms with Crippen LogP contribution in [0.5, 0.6) is 0 Å². The third-order valence-corrected chi connectivity index (χ3v) is 14.6. The molecule has 0 aromatic carbocycles. The van der Waals surface area contributed by atoms with Gasteiger partial charge in [0.05, 0.1) is 0 Å². The first-order valence-electron chi connectivity index (χ1n) is 34.7. The largest absolute Gasteiger partial charge is 0.462 e. The summed E-state index contributed by atoms with van der Waals surface area (Å²) in [5, 5.41) is 0. The number of carbonyl (C=O) groups excluding carboxylic acids is 3. The highest BCUT2D eigenvalue weighted by Crippen LogP contribution is 2.17. The van der Waals surface area contributed by atoms with Gasteiger partial charge < -0.3 is 14.2 Å². The Morgan fingerprint density at radius 2 is 0.470 bits per heavy atom. The molecule has 83 heavy (non-hydrogen) atoms. The van der Waals surface area contributed by atoms with Crippen LogP contribution in [0, 0.1) is 0 Å². The van der Waals surface area contributed by atoms with E-state index in [4.69, 9.17) is 14.2 Å². The van der Waals surface area contributed by atoms with Crippen LogP contribution in [-0.2, 0) is 28.6 Å². The number of esters is 3. The Labute approximate surface area is 513 Å². The van der Waals surface area contributed by atoms with Gasteiger partial charge in [0.2, 0.25) is 0 Å². The van der Waals surface area contributed by atoms with E-state index in [0.717, 1.165) is 154 Å². The molecule has 0 saturated heterocycles. The molecule has 0 spiro atoms. The average molecular weight is 1150 g/mol. The Balaban J connectivity index is 4.21. The predicted octanol–water partition coefficient (Wildman–Crippen LogP) is 24.1. The van der Waals surface area contributed by atoms with Gasteiger partial charge in [-0.05, 0) is 128 Å². The molecule has 0 amide bonds. The molecule has 0 aromatic rings. The molecule has 0 aliphatic rings. The van der Waals surface area contributed by atoms with Crippen LogP contribution in [0.2, 0.25) is 0 Å². The van der Waals surface area contributed by atoms with E-state index < -0.39 is 6.10 Å². The fourth-order valence-electron chi connectivity index (χ4n) is 9.48. The molecular weight excluding hydrogens is 1020 g/mol. The molecule has 472 valence electrons. The third-order valence-electron chi connectivity index (χ3n) is 14.6. The van der Waals surface area contributed by atoms with Crippen LogP contribution in [0.4, 0.5) is 0 Å². The molecule has 1 unspecified atom stereocenters. The molecule has 1 atom stereocenters. The van der Waals surface area contributed by atoms with Crippen LogP contribution in [0.25, 0.3) is 0 Å². The van der Waals surface area contributed by atoms with Crippen molar-refractivity contribution < 1.29 is 28.6 Å². The van der Waals surface area contributed by atoms with Gasteiger partial charge in [-0.1, -0.05) is 302 Å². The molecule has 0 aliphatic carbocycles. The van der Waals surface area contributed by atoms with Crippen molar-refractivity contribution in [3.05, 3.63) is 134 Å². The number of allylic oxidation sites excluding steroid dienone is 22. The summed E-state index contributed by atoms with van der Waals surface area (Å²) in [5.41, 5.74) is 0. The SMILES string of the molecule is CC/C=C\C/C=C\C/C=C\C/C=C\C/C=C\CCCCCCCCCCCCCCCCCCCC(=O)OCC(COC(=O)CCCCCCC/C=C\CCCC)OC(=O)CCCCCCC/C=C\C/C=C\C/C=C\C/C=C\C/C=C\CC. The van der Waals surface area contributed by atoms with Crippen LogP contribution in [-0.4, -0.2) is 37.2 Å². The van der Waals surface area contributed by atoms with E-state index in [2.05, 4.69) is 154 Å². The maximum absolute atomic E-state index is 12.9. The van der Waals surface area contributed by atoms with Gasteiger partial charge in [-0.15, -0.1) is 0 Å². The second-order valence-electron chi connectivity index (χ2n) is 22.7. The minimum atomic E-state index is -0.795. The molecule has 0 radical (unpaired) electrons. The van der Waals surface area contributed by atoms with Crippen LogP contribution in [0.3, 0.4) is 0 Å². The standard InChI is InChI=1S/C77H128O6/c1-4-7-10-13-16-19-22-24-26-28-30-32-33-34-35-36-37-38-39-40-41-42-43-45-46-48-50-52-55-58-61-64-67-70-76(79)82-73-74(72-81-75(78)69-66-63-60-57-54-21-18-15-12-9-6-3)83-77(80)71-68-65-62-59-56-53-51-49-47-44-31-29-27-25-23-20-17-14-11-8-5-2/h7-8,10-11,15-20,24-27,30-32,34-35,44,49,51,74H,4-6,9,12-14,21-23,28-29,33,36-43,45-48,50,52-73H2,1-3H3/b10-7-,11-8-,18-15-,19-16-,20-17-,26-24-,27-25-,32-30-,35-34-,44-31-,51-49-.